The van der Waals surface area contributed by atoms with Crippen LogP contribution in [0, 0.1) is 0 Å². The lowest BCUT2D eigenvalue weighted by molar-refractivity contribution is 1.06. The van der Waals surface area contributed by atoms with E-state index in [1.807, 2.05) is 0 Å². The summed E-state index contributed by atoms with van der Waals surface area (Å²) in [6, 6.07) is 8.50. The van der Waals surface area contributed by atoms with Crippen molar-refractivity contribution >= 4 is 40.8 Å². The second-order valence-corrected chi connectivity index (χ2v) is 4.95. The molecule has 0 aliphatic heterocycles. The summed E-state index contributed by atoms with van der Waals surface area (Å²) in [6.07, 6.45) is 1.56. The van der Waals surface area contributed by atoms with Crippen molar-refractivity contribution < 1.29 is 0 Å². The van der Waals surface area contributed by atoms with Crippen LogP contribution in [0.25, 0.3) is 11.5 Å². The molecule has 0 radical (unpaired) electrons. The molecule has 0 fully saturated rings. The summed E-state index contributed by atoms with van der Waals surface area (Å²) >= 11 is 11.7. The second-order valence-electron chi connectivity index (χ2n) is 4.18. The van der Waals surface area contributed by atoms with Gasteiger partial charge in [-0.3, -0.25) is 0 Å². The summed E-state index contributed by atoms with van der Waals surface area (Å²) in [5, 5.41) is 3.67. The highest BCUT2D eigenvalue weighted by Gasteiger charge is 2.09. The van der Waals surface area contributed by atoms with Crippen LogP contribution in [0.15, 0.2) is 36.5 Å². The number of nitrogens with two attached hydrogens (primary N) is 1. The first-order chi connectivity index (χ1) is 10.6. The van der Waals surface area contributed by atoms with Crippen LogP contribution < -0.4 is 11.1 Å². The molecule has 0 aliphatic carbocycles. The maximum atomic E-state index is 5.87. The van der Waals surface area contributed by atoms with E-state index in [1.165, 1.54) is 0 Å². The maximum Gasteiger partial charge on any atom is 0.232 e. The molecule has 3 N–H and O–H groups in total. The summed E-state index contributed by atoms with van der Waals surface area (Å²) < 4.78 is 0. The van der Waals surface area contributed by atoms with Crippen molar-refractivity contribution in [1.29, 1.82) is 0 Å². The molecule has 22 heavy (non-hydrogen) atoms. The average molecular weight is 334 g/mol. The van der Waals surface area contributed by atoms with E-state index < -0.39 is 0 Å². The molecule has 0 spiro atoms. The molecule has 0 aliphatic rings. The van der Waals surface area contributed by atoms with E-state index in [4.69, 9.17) is 28.9 Å². The van der Waals surface area contributed by atoms with E-state index in [0.29, 0.717) is 27.5 Å². The standard InChI is InChI=1S/C13H9Cl2N7/c14-9-3-1-2-8(19-9)11-20-12(16)22-13(21-11)18-7-4-5-17-10(15)6-7/h1-6H,(H3,16,17,18,20,21,22). The van der Waals surface area contributed by atoms with E-state index in [9.17, 15) is 0 Å². The van der Waals surface area contributed by atoms with Gasteiger partial charge in [0, 0.05) is 11.9 Å². The van der Waals surface area contributed by atoms with Gasteiger partial charge in [-0.2, -0.15) is 15.0 Å². The Kier molecular flexibility index (Phi) is 3.99. The number of anilines is 3. The van der Waals surface area contributed by atoms with Crippen molar-refractivity contribution in [1.82, 2.24) is 24.9 Å². The molecule has 110 valence electrons. The van der Waals surface area contributed by atoms with Crippen molar-refractivity contribution in [3.05, 3.63) is 46.8 Å². The van der Waals surface area contributed by atoms with E-state index in [-0.39, 0.29) is 11.9 Å². The fourth-order valence-corrected chi connectivity index (χ4v) is 2.04. The second kappa shape index (κ2) is 6.08. The van der Waals surface area contributed by atoms with Gasteiger partial charge in [0.2, 0.25) is 11.9 Å². The molecule has 7 nitrogen and oxygen atoms in total. The minimum Gasteiger partial charge on any atom is -0.368 e. The molecule has 3 rings (SSSR count). The number of rotatable bonds is 3. The molecule has 0 bridgehead atoms. The Morgan fingerprint density at radius 2 is 1.82 bits per heavy atom. The van der Waals surface area contributed by atoms with E-state index in [0.717, 1.165) is 0 Å². The Morgan fingerprint density at radius 3 is 2.59 bits per heavy atom. The summed E-state index contributed by atoms with van der Waals surface area (Å²) in [4.78, 5) is 20.4. The van der Waals surface area contributed by atoms with Crippen LogP contribution in [-0.4, -0.2) is 24.9 Å². The molecule has 0 saturated carbocycles. The lowest BCUT2D eigenvalue weighted by Gasteiger charge is -2.07. The van der Waals surface area contributed by atoms with Gasteiger partial charge in [-0.25, -0.2) is 9.97 Å². The van der Waals surface area contributed by atoms with Crippen LogP contribution in [0.2, 0.25) is 10.3 Å². The normalized spacial score (nSPS) is 10.5. The zero-order valence-electron chi connectivity index (χ0n) is 11.0. The predicted molar refractivity (Wildman–Crippen MR) is 85.0 cm³/mol. The fraction of sp³-hybridized carbons (Fsp3) is 0. The van der Waals surface area contributed by atoms with Crippen molar-refractivity contribution in [3.8, 4) is 11.5 Å². The lowest BCUT2D eigenvalue weighted by Crippen LogP contribution is -2.05. The molecule has 9 heteroatoms. The minimum absolute atomic E-state index is 0.0643. The minimum atomic E-state index is 0.0643. The van der Waals surface area contributed by atoms with E-state index in [2.05, 4.69) is 30.2 Å². The Hall–Kier alpha value is -2.51. The number of aromatic nitrogens is 5. The van der Waals surface area contributed by atoms with Crippen LogP contribution in [-0.2, 0) is 0 Å². The zero-order chi connectivity index (χ0) is 15.5. The number of halogens is 2. The number of nitrogens with zero attached hydrogens (tertiary/aromatic N) is 5. The third-order valence-corrected chi connectivity index (χ3v) is 3.00. The van der Waals surface area contributed by atoms with Gasteiger partial charge in [0.25, 0.3) is 0 Å². The molecule has 0 atom stereocenters. The fourth-order valence-electron chi connectivity index (χ4n) is 1.70. The molecular weight excluding hydrogens is 325 g/mol. The zero-order valence-corrected chi connectivity index (χ0v) is 12.5. The molecule has 0 unspecified atom stereocenters. The first kappa shape index (κ1) is 14.4. The number of hydrogen-bond acceptors (Lipinski definition) is 7. The quantitative estimate of drug-likeness (QED) is 0.710. The highest BCUT2D eigenvalue weighted by molar-refractivity contribution is 6.29. The van der Waals surface area contributed by atoms with Crippen molar-refractivity contribution in [2.75, 3.05) is 11.1 Å². The van der Waals surface area contributed by atoms with Crippen molar-refractivity contribution in [3.63, 3.8) is 0 Å². The van der Waals surface area contributed by atoms with Crippen molar-refractivity contribution in [2.24, 2.45) is 0 Å². The summed E-state index contributed by atoms with van der Waals surface area (Å²) in [5.74, 6) is 0.652. The average Bonchev–Trinajstić information content (AvgIpc) is 2.46. The SMILES string of the molecule is Nc1nc(Nc2ccnc(Cl)c2)nc(-c2cccc(Cl)n2)n1. The van der Waals surface area contributed by atoms with Gasteiger partial charge in [0.05, 0.1) is 0 Å². The van der Waals surface area contributed by atoms with Gasteiger partial charge in [-0.1, -0.05) is 29.3 Å². The molecule has 3 aromatic heterocycles. The van der Waals surface area contributed by atoms with E-state index >= 15 is 0 Å². The van der Waals surface area contributed by atoms with Gasteiger partial charge >= 0.3 is 0 Å². The van der Waals surface area contributed by atoms with E-state index in [1.54, 1.807) is 36.5 Å². The highest BCUT2D eigenvalue weighted by atomic mass is 35.5. The number of nitrogens with one attached hydrogen (secondary N) is 1. The van der Waals surface area contributed by atoms with Crippen LogP contribution in [0.3, 0.4) is 0 Å². The summed E-state index contributed by atoms with van der Waals surface area (Å²) in [6.45, 7) is 0. The maximum absolute atomic E-state index is 5.87. The number of pyridine rings is 2. The van der Waals surface area contributed by atoms with Gasteiger partial charge < -0.3 is 11.1 Å². The molecule has 0 amide bonds. The third-order valence-electron chi connectivity index (χ3n) is 2.58. The molecule has 3 heterocycles. The Labute approximate surface area is 135 Å². The largest absolute Gasteiger partial charge is 0.368 e. The monoisotopic (exact) mass is 333 g/mol. The van der Waals surface area contributed by atoms with Crippen LogP contribution in [0.4, 0.5) is 17.6 Å². The topological polar surface area (TPSA) is 102 Å². The first-order valence-electron chi connectivity index (χ1n) is 6.13. The summed E-state index contributed by atoms with van der Waals surface area (Å²) in [5.41, 5.74) is 6.89. The van der Waals surface area contributed by atoms with Gasteiger partial charge in [0.15, 0.2) is 5.82 Å². The lowest BCUT2D eigenvalue weighted by atomic mass is 10.3. The Balaban J connectivity index is 1.96. The predicted octanol–water partition coefficient (Wildman–Crippen LogP) is 2.96. The van der Waals surface area contributed by atoms with Crippen molar-refractivity contribution in [2.45, 2.75) is 0 Å². The van der Waals surface area contributed by atoms with Gasteiger partial charge in [0.1, 0.15) is 16.0 Å². The Bertz CT molecular complexity index is 825. The highest BCUT2D eigenvalue weighted by Crippen LogP contribution is 2.20. The summed E-state index contributed by atoms with van der Waals surface area (Å²) in [7, 11) is 0. The number of nitrogen functional groups attached to an aromatic ring is 1. The number of hydrogen-bond donors (Lipinski definition) is 2. The first-order valence-corrected chi connectivity index (χ1v) is 6.89. The van der Waals surface area contributed by atoms with Crippen LogP contribution in [0.1, 0.15) is 0 Å². The molecule has 0 aromatic carbocycles. The molecular formula is C13H9Cl2N7. The van der Waals surface area contributed by atoms with Gasteiger partial charge in [-0.15, -0.1) is 0 Å². The van der Waals surface area contributed by atoms with Crippen LogP contribution >= 0.6 is 23.2 Å². The molecule has 3 aromatic rings. The third kappa shape index (κ3) is 3.38. The molecule has 0 saturated heterocycles. The van der Waals surface area contributed by atoms with Crippen LogP contribution in [0.5, 0.6) is 0 Å². The van der Waals surface area contributed by atoms with Gasteiger partial charge in [-0.05, 0) is 24.3 Å². The Morgan fingerprint density at radius 1 is 0.955 bits per heavy atom. The smallest absolute Gasteiger partial charge is 0.232 e.